The molecule has 1 amide bonds. The van der Waals surface area contributed by atoms with Gasteiger partial charge in [-0.25, -0.2) is 4.39 Å². The van der Waals surface area contributed by atoms with Gasteiger partial charge in [0.05, 0.1) is 20.6 Å². The average Bonchev–Trinajstić information content (AvgIpc) is 2.51. The minimum Gasteiger partial charge on any atom is -0.309 e. The highest BCUT2D eigenvalue weighted by molar-refractivity contribution is 9.10. The lowest BCUT2D eigenvalue weighted by atomic mass is 10.3. The monoisotopic (exact) mass is 325 g/mol. The number of halogens is 4. The summed E-state index contributed by atoms with van der Waals surface area (Å²) >= 11 is 14.9. The molecule has 16 heavy (non-hydrogen) atoms. The summed E-state index contributed by atoms with van der Waals surface area (Å²) in [7, 11) is 0. The third-order valence-electron chi connectivity index (χ3n) is 2.36. The lowest BCUT2D eigenvalue weighted by molar-refractivity contribution is -0.117. The number of hydrogen-bond acceptors (Lipinski definition) is 1. The van der Waals surface area contributed by atoms with E-state index in [2.05, 4.69) is 15.9 Å². The van der Waals surface area contributed by atoms with Crippen molar-refractivity contribution < 1.29 is 9.18 Å². The number of rotatable bonds is 1. The first-order chi connectivity index (χ1) is 7.49. The molecular weight excluding hydrogens is 320 g/mol. The van der Waals surface area contributed by atoms with Crippen LogP contribution in [0.4, 0.5) is 10.1 Å². The molecule has 0 bridgehead atoms. The first kappa shape index (κ1) is 12.1. The Hall–Kier alpha value is -0.320. The van der Waals surface area contributed by atoms with Gasteiger partial charge in [-0.15, -0.1) is 11.6 Å². The Balaban J connectivity index is 2.41. The minimum absolute atomic E-state index is 0.136. The van der Waals surface area contributed by atoms with Crippen molar-refractivity contribution in [2.45, 2.75) is 11.8 Å². The van der Waals surface area contributed by atoms with Gasteiger partial charge in [0.25, 0.3) is 0 Å². The first-order valence-corrected chi connectivity index (χ1v) is 6.18. The van der Waals surface area contributed by atoms with Gasteiger partial charge in [0.1, 0.15) is 5.82 Å². The number of carbonyl (C=O) groups is 1. The van der Waals surface area contributed by atoms with Crippen LogP contribution in [0.3, 0.4) is 0 Å². The second-order valence-corrected chi connectivity index (χ2v) is 5.40. The molecule has 86 valence electrons. The molecule has 0 N–H and O–H groups in total. The highest BCUT2D eigenvalue weighted by Crippen LogP contribution is 2.34. The van der Waals surface area contributed by atoms with Gasteiger partial charge >= 0.3 is 0 Å². The zero-order valence-corrected chi connectivity index (χ0v) is 11.1. The number of hydrogen-bond donors (Lipinski definition) is 0. The summed E-state index contributed by atoms with van der Waals surface area (Å²) in [6.07, 6.45) is 0.259. The van der Waals surface area contributed by atoms with Crippen molar-refractivity contribution in [1.82, 2.24) is 0 Å². The van der Waals surface area contributed by atoms with E-state index in [1.807, 2.05) is 0 Å². The van der Waals surface area contributed by atoms with Crippen LogP contribution in [0.2, 0.25) is 5.02 Å². The maximum atomic E-state index is 13.4. The Bertz CT molecular complexity index is 455. The topological polar surface area (TPSA) is 20.3 Å². The van der Waals surface area contributed by atoms with Crippen molar-refractivity contribution in [3.05, 3.63) is 27.4 Å². The molecule has 1 fully saturated rings. The highest BCUT2D eigenvalue weighted by atomic mass is 79.9. The zero-order chi connectivity index (χ0) is 11.9. The lowest BCUT2D eigenvalue weighted by Gasteiger charge is -2.17. The van der Waals surface area contributed by atoms with Crippen LogP contribution >= 0.6 is 39.1 Å². The fourth-order valence-corrected chi connectivity index (χ4v) is 2.63. The van der Waals surface area contributed by atoms with Gasteiger partial charge in [-0.3, -0.25) is 4.79 Å². The van der Waals surface area contributed by atoms with E-state index in [0.717, 1.165) is 0 Å². The van der Waals surface area contributed by atoms with E-state index in [9.17, 15) is 9.18 Å². The molecular formula is C10H7BrCl2FNO. The van der Waals surface area contributed by atoms with E-state index in [-0.39, 0.29) is 22.2 Å². The van der Waals surface area contributed by atoms with Gasteiger partial charge in [-0.2, -0.15) is 0 Å². The van der Waals surface area contributed by atoms with Gasteiger partial charge in [0.15, 0.2) is 0 Å². The molecule has 1 aromatic carbocycles. The fourth-order valence-electron chi connectivity index (χ4n) is 1.62. The lowest BCUT2D eigenvalue weighted by Crippen LogP contribution is -2.25. The zero-order valence-electron chi connectivity index (χ0n) is 8.01. The van der Waals surface area contributed by atoms with E-state index < -0.39 is 5.82 Å². The average molecular weight is 327 g/mol. The number of alkyl halides is 1. The molecule has 1 heterocycles. The molecule has 0 aromatic heterocycles. The van der Waals surface area contributed by atoms with Crippen molar-refractivity contribution in [2.75, 3.05) is 11.4 Å². The van der Waals surface area contributed by atoms with E-state index in [0.29, 0.717) is 17.3 Å². The number of benzene rings is 1. The second-order valence-electron chi connectivity index (χ2n) is 3.52. The summed E-state index contributed by atoms with van der Waals surface area (Å²) < 4.78 is 13.6. The van der Waals surface area contributed by atoms with Gasteiger partial charge in [0, 0.05) is 19.0 Å². The Labute approximate surface area is 110 Å². The Morgan fingerprint density at radius 1 is 1.50 bits per heavy atom. The molecule has 1 saturated heterocycles. The standard InChI is InChI=1S/C10H7BrCl2FNO/c11-6-2-7(13)9(3-8(6)14)15-4-5(12)1-10(15)16/h2-3,5H,1,4H2. The van der Waals surface area contributed by atoms with Crippen LogP contribution in [0.5, 0.6) is 0 Å². The fraction of sp³-hybridized carbons (Fsp3) is 0.300. The molecule has 0 radical (unpaired) electrons. The van der Waals surface area contributed by atoms with Crippen LogP contribution in [-0.2, 0) is 4.79 Å². The molecule has 2 rings (SSSR count). The molecule has 6 heteroatoms. The predicted octanol–water partition coefficient (Wildman–Crippen LogP) is 3.59. The summed E-state index contributed by atoms with van der Waals surface area (Å²) in [5.74, 6) is -0.589. The van der Waals surface area contributed by atoms with Crippen LogP contribution in [-0.4, -0.2) is 17.8 Å². The van der Waals surface area contributed by atoms with Crippen LogP contribution in [0.25, 0.3) is 0 Å². The summed E-state index contributed by atoms with van der Waals surface area (Å²) in [5, 5.41) is 0.0858. The Kier molecular flexibility index (Phi) is 3.42. The van der Waals surface area contributed by atoms with Crippen LogP contribution in [0, 0.1) is 5.82 Å². The summed E-state index contributed by atoms with van der Waals surface area (Å²) in [6.45, 7) is 0.362. The SMILES string of the molecule is O=C1CC(Cl)CN1c1cc(F)c(Br)cc1Cl. The van der Waals surface area contributed by atoms with Gasteiger partial charge < -0.3 is 4.90 Å². The van der Waals surface area contributed by atoms with Crippen LogP contribution < -0.4 is 4.90 Å². The van der Waals surface area contributed by atoms with Crippen LogP contribution in [0.15, 0.2) is 16.6 Å². The smallest absolute Gasteiger partial charge is 0.228 e. The summed E-state index contributed by atoms with van der Waals surface area (Å²) in [6, 6.07) is 2.67. The highest BCUT2D eigenvalue weighted by Gasteiger charge is 2.30. The summed E-state index contributed by atoms with van der Waals surface area (Å²) in [5.41, 5.74) is 0.371. The quantitative estimate of drug-likeness (QED) is 0.570. The van der Waals surface area contributed by atoms with Gasteiger partial charge in [0.2, 0.25) is 5.91 Å². The maximum Gasteiger partial charge on any atom is 0.228 e. The van der Waals surface area contributed by atoms with Crippen molar-refractivity contribution in [1.29, 1.82) is 0 Å². The molecule has 2 nitrogen and oxygen atoms in total. The van der Waals surface area contributed by atoms with E-state index >= 15 is 0 Å². The molecule has 1 aliphatic heterocycles. The van der Waals surface area contributed by atoms with Crippen molar-refractivity contribution in [3.63, 3.8) is 0 Å². The van der Waals surface area contributed by atoms with Crippen molar-refractivity contribution in [3.8, 4) is 0 Å². The molecule has 0 aliphatic carbocycles. The minimum atomic E-state index is -0.453. The number of carbonyl (C=O) groups excluding carboxylic acids is 1. The van der Waals surface area contributed by atoms with E-state index in [1.165, 1.54) is 17.0 Å². The van der Waals surface area contributed by atoms with E-state index in [4.69, 9.17) is 23.2 Å². The third kappa shape index (κ3) is 2.19. The van der Waals surface area contributed by atoms with Gasteiger partial charge in [-0.1, -0.05) is 11.6 Å². The molecule has 1 atom stereocenters. The second kappa shape index (κ2) is 4.51. The van der Waals surface area contributed by atoms with Gasteiger partial charge in [-0.05, 0) is 22.0 Å². The molecule has 1 unspecified atom stereocenters. The molecule has 1 aliphatic rings. The Morgan fingerprint density at radius 2 is 2.19 bits per heavy atom. The number of amides is 1. The third-order valence-corrected chi connectivity index (χ3v) is 3.56. The van der Waals surface area contributed by atoms with Crippen molar-refractivity contribution >= 4 is 50.7 Å². The van der Waals surface area contributed by atoms with E-state index in [1.54, 1.807) is 0 Å². The predicted molar refractivity (Wildman–Crippen MR) is 65.7 cm³/mol. The molecule has 0 saturated carbocycles. The Morgan fingerprint density at radius 3 is 2.75 bits per heavy atom. The van der Waals surface area contributed by atoms with Crippen LogP contribution in [0.1, 0.15) is 6.42 Å². The summed E-state index contributed by atoms with van der Waals surface area (Å²) in [4.78, 5) is 13.0. The largest absolute Gasteiger partial charge is 0.309 e. The number of nitrogens with zero attached hydrogens (tertiary/aromatic N) is 1. The molecule has 0 spiro atoms. The van der Waals surface area contributed by atoms with Crippen molar-refractivity contribution in [2.24, 2.45) is 0 Å². The number of anilines is 1. The first-order valence-electron chi connectivity index (χ1n) is 4.58. The molecule has 1 aromatic rings. The maximum absolute atomic E-state index is 13.4. The normalized spacial score (nSPS) is 20.6.